The van der Waals surface area contributed by atoms with Crippen molar-refractivity contribution in [3.63, 3.8) is 0 Å². The van der Waals surface area contributed by atoms with Crippen LogP contribution in [0.15, 0.2) is 36.4 Å². The lowest BCUT2D eigenvalue weighted by atomic mass is 10.0. The number of hydrogen-bond acceptors (Lipinski definition) is 0. The van der Waals surface area contributed by atoms with Gasteiger partial charge in [-0.15, -0.1) is 0 Å². The molecule has 0 bridgehead atoms. The number of rotatable bonds is 7. The monoisotopic (exact) mass is 382 g/mol. The molecule has 0 saturated carbocycles. The number of aryl methyl sites for hydroxylation is 4. The van der Waals surface area contributed by atoms with Crippen molar-refractivity contribution in [2.75, 3.05) is 0 Å². The van der Waals surface area contributed by atoms with Gasteiger partial charge in [0.1, 0.15) is 0 Å². The molecule has 0 N–H and O–H groups in total. The molecule has 0 radical (unpaired) electrons. The number of benzene rings is 2. The molecule has 0 saturated heterocycles. The van der Waals surface area contributed by atoms with Gasteiger partial charge >= 0.3 is 0 Å². The summed E-state index contributed by atoms with van der Waals surface area (Å²) in [4.78, 5) is 0. The quantitative estimate of drug-likeness (QED) is 0.409. The van der Waals surface area contributed by atoms with Crippen LogP contribution in [0.25, 0.3) is 0 Å². The maximum atomic E-state index is 2.50. The Bertz CT molecular complexity index is 680. The fourth-order valence-corrected chi connectivity index (χ4v) is 7.69. The highest BCUT2D eigenvalue weighted by atomic mass is 28.3. The van der Waals surface area contributed by atoms with Crippen LogP contribution in [0.5, 0.6) is 0 Å². The van der Waals surface area contributed by atoms with E-state index in [4.69, 9.17) is 0 Å². The molecule has 0 atom stereocenters. The second kappa shape index (κ2) is 8.27. The van der Waals surface area contributed by atoms with Crippen molar-refractivity contribution >= 4 is 26.5 Å². The Balaban J connectivity index is 1.96. The number of unbranched alkanes of at least 4 members (excludes halogenated alkanes) is 1. The average molecular weight is 383 g/mol. The first-order valence-electron chi connectivity index (χ1n) is 10.2. The minimum absolute atomic E-state index is 1.21. The fraction of sp³-hybridized carbons (Fsp3) is 0.500. The molecule has 26 heavy (non-hydrogen) atoms. The van der Waals surface area contributed by atoms with E-state index in [1.165, 1.54) is 47.9 Å². The molecule has 2 aromatic carbocycles. The highest BCUT2D eigenvalue weighted by Gasteiger charge is 2.19. The van der Waals surface area contributed by atoms with Gasteiger partial charge in [0.25, 0.3) is 0 Å². The highest BCUT2D eigenvalue weighted by Crippen LogP contribution is 2.14. The maximum absolute atomic E-state index is 2.50. The molecule has 2 heteroatoms. The summed E-state index contributed by atoms with van der Waals surface area (Å²) >= 11 is 0. The highest BCUT2D eigenvalue weighted by molar-refractivity contribution is 6.89. The van der Waals surface area contributed by atoms with Gasteiger partial charge in [-0.2, -0.15) is 0 Å². The van der Waals surface area contributed by atoms with E-state index in [1.54, 1.807) is 10.4 Å². The molecule has 0 spiro atoms. The van der Waals surface area contributed by atoms with E-state index in [2.05, 4.69) is 89.5 Å². The fourth-order valence-electron chi connectivity index (χ4n) is 3.92. The molecule has 142 valence electrons. The van der Waals surface area contributed by atoms with Gasteiger partial charge in [0.05, 0.1) is 16.1 Å². The van der Waals surface area contributed by atoms with Crippen LogP contribution >= 0.6 is 0 Å². The van der Waals surface area contributed by atoms with Crippen molar-refractivity contribution in [1.29, 1.82) is 0 Å². The molecule has 0 nitrogen and oxygen atoms in total. The van der Waals surface area contributed by atoms with Gasteiger partial charge in [0.2, 0.25) is 0 Å². The van der Waals surface area contributed by atoms with E-state index in [0.29, 0.717) is 0 Å². The second-order valence-corrected chi connectivity index (χ2v) is 20.1. The Labute approximate surface area is 164 Å². The molecule has 0 aromatic heterocycles. The summed E-state index contributed by atoms with van der Waals surface area (Å²) in [6.45, 7) is 19.2. The lowest BCUT2D eigenvalue weighted by Crippen LogP contribution is -2.39. The van der Waals surface area contributed by atoms with E-state index in [0.717, 1.165) is 0 Å². The van der Waals surface area contributed by atoms with Gasteiger partial charge < -0.3 is 0 Å². The summed E-state index contributed by atoms with van der Waals surface area (Å²) in [6.07, 6.45) is 4.99. The molecule has 0 amide bonds. The van der Waals surface area contributed by atoms with E-state index in [-0.39, 0.29) is 0 Å². The third kappa shape index (κ3) is 5.69. The van der Waals surface area contributed by atoms with Crippen molar-refractivity contribution in [3.8, 4) is 0 Å². The Morgan fingerprint density at radius 3 is 1.23 bits per heavy atom. The molecular weight excluding hydrogens is 344 g/mol. The SMILES string of the molecule is Cc1ccc(CCCCc2ccc(C)c([Si](C)(C)C)c2)cc1[Si](C)(C)C. The van der Waals surface area contributed by atoms with Crippen LogP contribution in [0.4, 0.5) is 0 Å². The normalized spacial score (nSPS) is 12.5. The van der Waals surface area contributed by atoms with Gasteiger partial charge in [-0.3, -0.25) is 0 Å². The maximum Gasteiger partial charge on any atom is 0.0779 e. The Kier molecular flexibility index (Phi) is 6.73. The van der Waals surface area contributed by atoms with Crippen molar-refractivity contribution in [2.24, 2.45) is 0 Å². The van der Waals surface area contributed by atoms with Crippen LogP contribution in [0.3, 0.4) is 0 Å². The summed E-state index contributed by atoms with van der Waals surface area (Å²) in [5.74, 6) is 0. The van der Waals surface area contributed by atoms with Crippen LogP contribution in [0.1, 0.15) is 35.1 Å². The second-order valence-electron chi connectivity index (χ2n) is 10.0. The third-order valence-electron chi connectivity index (χ3n) is 5.40. The molecule has 0 aliphatic heterocycles. The molecule has 2 aromatic rings. The molecule has 0 aliphatic rings. The minimum Gasteiger partial charge on any atom is -0.0656 e. The summed E-state index contributed by atoms with van der Waals surface area (Å²) in [6, 6.07) is 14.3. The van der Waals surface area contributed by atoms with E-state index < -0.39 is 16.1 Å². The first kappa shape index (κ1) is 21.2. The van der Waals surface area contributed by atoms with Crippen LogP contribution < -0.4 is 10.4 Å². The average Bonchev–Trinajstić information content (AvgIpc) is 2.52. The minimum atomic E-state index is -1.24. The van der Waals surface area contributed by atoms with E-state index in [1.807, 2.05) is 0 Å². The first-order valence-corrected chi connectivity index (χ1v) is 17.2. The first-order chi connectivity index (χ1) is 12.0. The molecule has 0 unspecified atom stereocenters. The predicted molar refractivity (Wildman–Crippen MR) is 125 cm³/mol. The molecule has 2 rings (SSSR count). The van der Waals surface area contributed by atoms with Gasteiger partial charge in [0.15, 0.2) is 0 Å². The van der Waals surface area contributed by atoms with Crippen LogP contribution in [-0.4, -0.2) is 16.1 Å². The lowest BCUT2D eigenvalue weighted by molar-refractivity contribution is 0.734. The third-order valence-corrected chi connectivity index (χ3v) is 9.71. The Morgan fingerprint density at radius 1 is 0.577 bits per heavy atom. The summed E-state index contributed by atoms with van der Waals surface area (Å²) in [5, 5.41) is 3.27. The molecule has 0 heterocycles. The van der Waals surface area contributed by atoms with Gasteiger partial charge in [-0.1, -0.05) is 97.2 Å². The smallest absolute Gasteiger partial charge is 0.0656 e. The van der Waals surface area contributed by atoms with Crippen molar-refractivity contribution in [2.45, 2.75) is 78.8 Å². The Hall–Kier alpha value is -1.13. The van der Waals surface area contributed by atoms with E-state index >= 15 is 0 Å². The molecule has 0 aliphatic carbocycles. The molecular formula is C24H38Si2. The number of hydrogen-bond donors (Lipinski definition) is 0. The largest absolute Gasteiger partial charge is 0.0779 e. The summed E-state index contributed by atoms with van der Waals surface area (Å²) in [5.41, 5.74) is 6.01. The van der Waals surface area contributed by atoms with Crippen molar-refractivity contribution < 1.29 is 0 Å². The van der Waals surface area contributed by atoms with Gasteiger partial charge in [-0.25, -0.2) is 0 Å². The topological polar surface area (TPSA) is 0 Å². The Morgan fingerprint density at radius 2 is 0.923 bits per heavy atom. The van der Waals surface area contributed by atoms with Crippen molar-refractivity contribution in [3.05, 3.63) is 58.7 Å². The molecule has 0 fully saturated rings. The van der Waals surface area contributed by atoms with Crippen molar-refractivity contribution in [1.82, 2.24) is 0 Å². The van der Waals surface area contributed by atoms with Crippen LogP contribution in [0, 0.1) is 13.8 Å². The zero-order valence-electron chi connectivity index (χ0n) is 18.3. The summed E-state index contributed by atoms with van der Waals surface area (Å²) < 4.78 is 0. The van der Waals surface area contributed by atoms with Gasteiger partial charge in [-0.05, 0) is 50.7 Å². The van der Waals surface area contributed by atoms with Gasteiger partial charge in [0, 0.05) is 0 Å². The van der Waals surface area contributed by atoms with Crippen LogP contribution in [0.2, 0.25) is 39.3 Å². The zero-order chi connectivity index (χ0) is 19.5. The zero-order valence-corrected chi connectivity index (χ0v) is 20.3. The van der Waals surface area contributed by atoms with Crippen LogP contribution in [-0.2, 0) is 12.8 Å². The van der Waals surface area contributed by atoms with E-state index in [9.17, 15) is 0 Å². The standard InChI is InChI=1S/C24H38Si2/c1-19-13-15-21(17-23(19)25(3,4)5)11-9-10-12-22-16-14-20(2)24(18-22)26(6,7)8/h13-18H,9-12H2,1-8H3. The summed E-state index contributed by atoms with van der Waals surface area (Å²) in [7, 11) is -2.47. The predicted octanol–water partition coefficient (Wildman–Crippen LogP) is 5.96. The lowest BCUT2D eigenvalue weighted by Gasteiger charge is -2.21.